The van der Waals surface area contributed by atoms with Gasteiger partial charge in [-0.1, -0.05) is 77.0 Å². The maximum Gasteiger partial charge on any atom is 0.122 e. The number of hydrogen-bond acceptors (Lipinski definition) is 0. The first-order valence-corrected chi connectivity index (χ1v) is 10.3. The summed E-state index contributed by atoms with van der Waals surface area (Å²) < 4.78 is 0. The van der Waals surface area contributed by atoms with Crippen molar-refractivity contribution >= 4 is 18.4 Å². The number of hydrogen-bond donors (Lipinski definition) is 0. The van der Waals surface area contributed by atoms with Crippen LogP contribution in [0.1, 0.15) is 31.7 Å². The van der Waals surface area contributed by atoms with Crippen molar-refractivity contribution in [3.8, 4) is 11.8 Å². The summed E-state index contributed by atoms with van der Waals surface area (Å²) in [7, 11) is -1.45. The van der Waals surface area contributed by atoms with E-state index in [2.05, 4.69) is 66.4 Å². The van der Waals surface area contributed by atoms with Crippen LogP contribution in [0.15, 0.2) is 54.6 Å². The molecule has 2 aromatic rings. The third-order valence-corrected chi connectivity index (χ3v) is 9.83. The van der Waals surface area contributed by atoms with Crippen LogP contribution < -0.4 is 10.4 Å². The molecule has 0 bridgehead atoms. The minimum absolute atomic E-state index is 1.05. The minimum atomic E-state index is -1.45. The van der Waals surface area contributed by atoms with Gasteiger partial charge >= 0.3 is 0 Å². The zero-order chi connectivity index (χ0) is 14.5. The van der Waals surface area contributed by atoms with Crippen LogP contribution in [-0.2, 0) is 6.04 Å². The zero-order valence-corrected chi connectivity index (χ0v) is 13.7. The molecule has 0 saturated carbocycles. The molecule has 0 spiro atoms. The standard InChI is InChI=1S/C20H22Si/c1-2-3-4-5-11-16-21(19-13-7-6-8-14-19)17-18-12-9-10-15-20(18)21/h6-10,12-15H,4-5,11,16-17H2,1H3. The molecule has 106 valence electrons. The molecule has 0 amide bonds. The summed E-state index contributed by atoms with van der Waals surface area (Å²) in [6.45, 7) is 1.93. The van der Waals surface area contributed by atoms with Gasteiger partial charge in [0.25, 0.3) is 0 Å². The first kappa shape index (κ1) is 14.2. The molecule has 1 aliphatic heterocycles. The van der Waals surface area contributed by atoms with Gasteiger partial charge in [-0.25, -0.2) is 0 Å². The van der Waals surface area contributed by atoms with Crippen molar-refractivity contribution in [1.82, 2.24) is 0 Å². The Balaban J connectivity index is 1.82. The summed E-state index contributed by atoms with van der Waals surface area (Å²) in [5, 5.41) is 3.29. The van der Waals surface area contributed by atoms with Crippen LogP contribution in [0.5, 0.6) is 0 Å². The van der Waals surface area contributed by atoms with Crippen molar-refractivity contribution in [3.05, 3.63) is 60.2 Å². The molecule has 2 aromatic carbocycles. The van der Waals surface area contributed by atoms with Gasteiger partial charge in [0, 0.05) is 6.42 Å². The van der Waals surface area contributed by atoms with Crippen LogP contribution in [0.25, 0.3) is 0 Å². The van der Waals surface area contributed by atoms with Crippen molar-refractivity contribution in [3.63, 3.8) is 0 Å². The normalized spacial score (nSPS) is 19.1. The Bertz CT molecular complexity index is 663. The highest BCUT2D eigenvalue weighted by molar-refractivity contribution is 7.05. The average molecular weight is 290 g/mol. The first-order valence-electron chi connectivity index (χ1n) is 7.90. The summed E-state index contributed by atoms with van der Waals surface area (Å²) in [6, 6.07) is 23.0. The molecule has 0 aliphatic carbocycles. The highest BCUT2D eigenvalue weighted by Crippen LogP contribution is 2.28. The molecule has 1 heterocycles. The van der Waals surface area contributed by atoms with Crippen LogP contribution in [0.3, 0.4) is 0 Å². The van der Waals surface area contributed by atoms with Crippen molar-refractivity contribution in [2.24, 2.45) is 0 Å². The monoisotopic (exact) mass is 290 g/mol. The third-order valence-electron chi connectivity index (χ3n) is 4.68. The van der Waals surface area contributed by atoms with Gasteiger partial charge in [-0.3, -0.25) is 0 Å². The fourth-order valence-corrected chi connectivity index (χ4v) is 8.59. The van der Waals surface area contributed by atoms with Gasteiger partial charge in [-0.2, -0.15) is 0 Å². The van der Waals surface area contributed by atoms with E-state index in [-0.39, 0.29) is 0 Å². The lowest BCUT2D eigenvalue weighted by molar-refractivity contribution is 0.812. The van der Waals surface area contributed by atoms with Crippen LogP contribution in [0.4, 0.5) is 0 Å². The highest BCUT2D eigenvalue weighted by Gasteiger charge is 2.45. The van der Waals surface area contributed by atoms with E-state index in [4.69, 9.17) is 0 Å². The second-order valence-electron chi connectivity index (χ2n) is 5.92. The Kier molecular flexibility index (Phi) is 4.27. The molecular weight excluding hydrogens is 268 g/mol. The second kappa shape index (κ2) is 6.33. The molecule has 0 N–H and O–H groups in total. The van der Waals surface area contributed by atoms with Gasteiger partial charge in [0.2, 0.25) is 0 Å². The van der Waals surface area contributed by atoms with E-state index in [1.165, 1.54) is 24.9 Å². The number of unbranched alkanes of at least 4 members (excludes halogenated alkanes) is 2. The van der Waals surface area contributed by atoms with E-state index in [0.717, 1.165) is 6.42 Å². The lowest BCUT2D eigenvalue weighted by atomic mass is 10.2. The largest absolute Gasteiger partial charge is 0.122 e. The van der Waals surface area contributed by atoms with Crippen molar-refractivity contribution in [2.45, 2.75) is 38.3 Å². The molecule has 1 aliphatic rings. The maximum absolute atomic E-state index is 3.19. The Hall–Kier alpha value is -1.78. The third kappa shape index (κ3) is 2.69. The molecule has 0 radical (unpaired) electrons. The quantitative estimate of drug-likeness (QED) is 0.449. The van der Waals surface area contributed by atoms with Gasteiger partial charge in [-0.05, 0) is 25.4 Å². The number of rotatable bonds is 5. The summed E-state index contributed by atoms with van der Waals surface area (Å²) in [4.78, 5) is 0. The Morgan fingerprint density at radius 1 is 0.952 bits per heavy atom. The molecule has 1 heteroatoms. The van der Waals surface area contributed by atoms with E-state index in [1.807, 2.05) is 6.92 Å². The summed E-state index contributed by atoms with van der Waals surface area (Å²) >= 11 is 0. The predicted octanol–water partition coefficient (Wildman–Crippen LogP) is 3.54. The molecule has 0 nitrogen and oxygen atoms in total. The smallest absolute Gasteiger partial charge is 0.107 e. The highest BCUT2D eigenvalue weighted by atomic mass is 28.3. The van der Waals surface area contributed by atoms with E-state index in [1.54, 1.807) is 15.9 Å². The van der Waals surface area contributed by atoms with Gasteiger partial charge in [0.1, 0.15) is 8.07 Å². The van der Waals surface area contributed by atoms with Gasteiger partial charge < -0.3 is 0 Å². The van der Waals surface area contributed by atoms with Crippen molar-refractivity contribution in [1.29, 1.82) is 0 Å². The summed E-state index contributed by atoms with van der Waals surface area (Å²) in [6.07, 6.45) is 3.60. The summed E-state index contributed by atoms with van der Waals surface area (Å²) in [5.41, 5.74) is 1.58. The Morgan fingerprint density at radius 2 is 1.71 bits per heavy atom. The lowest BCUT2D eigenvalue weighted by Gasteiger charge is -2.43. The topological polar surface area (TPSA) is 0 Å². The molecule has 1 unspecified atom stereocenters. The van der Waals surface area contributed by atoms with E-state index >= 15 is 0 Å². The average Bonchev–Trinajstić information content (AvgIpc) is 2.52. The van der Waals surface area contributed by atoms with E-state index in [9.17, 15) is 0 Å². The zero-order valence-electron chi connectivity index (χ0n) is 12.7. The molecule has 3 rings (SSSR count). The fraction of sp³-hybridized carbons (Fsp3) is 0.300. The molecular formula is C20H22Si. The predicted molar refractivity (Wildman–Crippen MR) is 93.7 cm³/mol. The van der Waals surface area contributed by atoms with E-state index in [0.29, 0.717) is 0 Å². The number of benzene rings is 2. The molecule has 0 aromatic heterocycles. The SMILES string of the molecule is CC#CCCCC[Si]1(c2ccccc2)Cc2ccccc21. The van der Waals surface area contributed by atoms with Gasteiger partial charge in [0.05, 0.1) is 0 Å². The van der Waals surface area contributed by atoms with Crippen LogP contribution in [0.2, 0.25) is 6.04 Å². The first-order chi connectivity index (χ1) is 10.4. The van der Waals surface area contributed by atoms with Gasteiger partial charge in [0.15, 0.2) is 0 Å². The second-order valence-corrected chi connectivity index (χ2v) is 10.0. The Labute approximate surface area is 129 Å². The number of fused-ring (bicyclic) bond motifs is 1. The molecule has 1 atom stereocenters. The van der Waals surface area contributed by atoms with Gasteiger partial charge in [-0.15, -0.1) is 11.8 Å². The van der Waals surface area contributed by atoms with E-state index < -0.39 is 8.07 Å². The van der Waals surface area contributed by atoms with Crippen LogP contribution in [0, 0.1) is 11.8 Å². The fourth-order valence-electron chi connectivity index (χ4n) is 3.60. The van der Waals surface area contributed by atoms with Crippen LogP contribution >= 0.6 is 0 Å². The molecule has 0 fully saturated rings. The summed E-state index contributed by atoms with van der Waals surface area (Å²) in [5.74, 6) is 6.20. The molecule has 21 heavy (non-hydrogen) atoms. The maximum atomic E-state index is 3.19. The lowest BCUT2D eigenvalue weighted by Crippen LogP contribution is -2.68. The van der Waals surface area contributed by atoms with Crippen molar-refractivity contribution < 1.29 is 0 Å². The molecule has 0 saturated heterocycles. The van der Waals surface area contributed by atoms with Crippen molar-refractivity contribution in [2.75, 3.05) is 0 Å². The van der Waals surface area contributed by atoms with Crippen LogP contribution in [-0.4, -0.2) is 8.07 Å². The minimum Gasteiger partial charge on any atom is -0.107 e. The Morgan fingerprint density at radius 3 is 2.48 bits per heavy atom.